The highest BCUT2D eigenvalue weighted by Crippen LogP contribution is 2.26. The zero-order valence-electron chi connectivity index (χ0n) is 18.8. The van der Waals surface area contributed by atoms with Crippen LogP contribution in [0.3, 0.4) is 0 Å². The van der Waals surface area contributed by atoms with Crippen LogP contribution in [-0.2, 0) is 6.54 Å². The van der Waals surface area contributed by atoms with Crippen molar-refractivity contribution in [3.05, 3.63) is 71.8 Å². The van der Waals surface area contributed by atoms with Crippen molar-refractivity contribution in [2.24, 2.45) is 0 Å². The van der Waals surface area contributed by atoms with E-state index in [4.69, 9.17) is 4.42 Å². The third kappa shape index (κ3) is 4.82. The number of nitrogens with zero attached hydrogens (tertiary/aromatic N) is 6. The average molecular weight is 465 g/mol. The molecule has 3 heterocycles. The molecule has 0 radical (unpaired) electrons. The Labute approximate surface area is 197 Å². The van der Waals surface area contributed by atoms with Crippen LogP contribution in [-0.4, -0.2) is 62.2 Å². The minimum absolute atomic E-state index is 0.229. The van der Waals surface area contributed by atoms with Crippen LogP contribution < -0.4 is 14.7 Å². The summed E-state index contributed by atoms with van der Waals surface area (Å²) >= 11 is 0. The number of anilines is 3. The molecule has 1 aromatic heterocycles. The molecule has 0 aliphatic carbocycles. The Morgan fingerprint density at radius 2 is 1.21 bits per heavy atom. The summed E-state index contributed by atoms with van der Waals surface area (Å²) in [6.07, 6.45) is 0. The monoisotopic (exact) mass is 464 g/mol. The van der Waals surface area contributed by atoms with E-state index < -0.39 is 0 Å². The molecule has 0 N–H and O–H groups in total. The molecule has 0 spiro atoms. The summed E-state index contributed by atoms with van der Waals surface area (Å²) in [5.41, 5.74) is 2.32. The van der Waals surface area contributed by atoms with Crippen molar-refractivity contribution in [1.29, 1.82) is 5.26 Å². The van der Waals surface area contributed by atoms with Gasteiger partial charge in [0.1, 0.15) is 17.7 Å². The fourth-order valence-corrected chi connectivity index (χ4v) is 4.54. The quantitative estimate of drug-likeness (QED) is 0.573. The van der Waals surface area contributed by atoms with Gasteiger partial charge in [-0.15, -0.1) is 0 Å². The van der Waals surface area contributed by atoms with E-state index in [1.165, 1.54) is 24.3 Å². The van der Waals surface area contributed by atoms with Crippen LogP contribution in [0.1, 0.15) is 11.6 Å². The molecule has 2 fully saturated rings. The van der Waals surface area contributed by atoms with Gasteiger partial charge in [-0.3, -0.25) is 4.90 Å². The molecule has 5 rings (SSSR count). The van der Waals surface area contributed by atoms with Crippen LogP contribution in [0, 0.1) is 23.0 Å². The van der Waals surface area contributed by atoms with Crippen molar-refractivity contribution in [3.63, 3.8) is 0 Å². The molecule has 34 heavy (non-hydrogen) atoms. The summed E-state index contributed by atoms with van der Waals surface area (Å²) < 4.78 is 32.4. The van der Waals surface area contributed by atoms with Crippen molar-refractivity contribution in [3.8, 4) is 6.07 Å². The van der Waals surface area contributed by atoms with Crippen LogP contribution in [0.5, 0.6) is 0 Å². The van der Waals surface area contributed by atoms with E-state index in [0.717, 1.165) is 50.6 Å². The lowest BCUT2D eigenvalue weighted by atomic mass is 10.2. The first-order valence-corrected chi connectivity index (χ1v) is 11.5. The molecule has 7 nitrogen and oxygen atoms in total. The Morgan fingerprint density at radius 1 is 0.735 bits per heavy atom. The Morgan fingerprint density at radius 3 is 1.71 bits per heavy atom. The number of piperazine rings is 2. The van der Waals surface area contributed by atoms with Crippen molar-refractivity contribution >= 4 is 17.3 Å². The topological polar surface area (TPSA) is 62.8 Å². The van der Waals surface area contributed by atoms with Crippen LogP contribution in [0.15, 0.2) is 52.9 Å². The second-order valence-corrected chi connectivity index (χ2v) is 8.56. The number of aromatic nitrogens is 1. The Balaban J connectivity index is 1.18. The molecule has 0 atom stereocenters. The van der Waals surface area contributed by atoms with Gasteiger partial charge in [-0.05, 0) is 48.5 Å². The fraction of sp³-hybridized carbons (Fsp3) is 0.360. The zero-order valence-corrected chi connectivity index (χ0v) is 18.8. The first kappa shape index (κ1) is 22.2. The predicted molar refractivity (Wildman–Crippen MR) is 126 cm³/mol. The highest BCUT2D eigenvalue weighted by molar-refractivity contribution is 5.52. The van der Waals surface area contributed by atoms with Gasteiger partial charge in [-0.2, -0.15) is 10.2 Å². The lowest BCUT2D eigenvalue weighted by molar-refractivity contribution is 0.226. The maximum atomic E-state index is 13.2. The summed E-state index contributed by atoms with van der Waals surface area (Å²) in [5.74, 6) is 0.600. The molecule has 0 amide bonds. The van der Waals surface area contributed by atoms with Gasteiger partial charge in [0.25, 0.3) is 0 Å². The van der Waals surface area contributed by atoms with E-state index in [9.17, 15) is 14.0 Å². The van der Waals surface area contributed by atoms with Gasteiger partial charge in [0, 0.05) is 63.7 Å². The molecule has 2 aliphatic rings. The standard InChI is InChI=1S/C25H26F2N6O/c26-19-1-5-21(6-2-19)31-11-9-30(10-12-31)18-24-29-23(17-28)25(34-24)33-15-13-32(14-16-33)22-7-3-20(27)4-8-22/h1-8H,9-16,18H2. The summed E-state index contributed by atoms with van der Waals surface area (Å²) in [4.78, 5) is 13.2. The maximum Gasteiger partial charge on any atom is 0.234 e. The van der Waals surface area contributed by atoms with E-state index in [1.807, 2.05) is 0 Å². The van der Waals surface area contributed by atoms with Gasteiger partial charge in [-0.1, -0.05) is 0 Å². The number of halogens is 2. The molecule has 3 aromatic rings. The molecular formula is C25H26F2N6O. The van der Waals surface area contributed by atoms with E-state index >= 15 is 0 Å². The molecule has 2 saturated heterocycles. The third-order valence-corrected chi connectivity index (χ3v) is 6.44. The van der Waals surface area contributed by atoms with Gasteiger partial charge in [0.05, 0.1) is 6.54 Å². The fourth-order valence-electron chi connectivity index (χ4n) is 4.54. The first-order valence-electron chi connectivity index (χ1n) is 11.5. The number of oxazole rings is 1. The highest BCUT2D eigenvalue weighted by Gasteiger charge is 2.26. The van der Waals surface area contributed by atoms with E-state index in [1.54, 1.807) is 24.3 Å². The van der Waals surface area contributed by atoms with Crippen LogP contribution in [0.25, 0.3) is 0 Å². The molecule has 176 valence electrons. The number of nitriles is 1. The van der Waals surface area contributed by atoms with Crippen molar-refractivity contribution in [2.75, 3.05) is 67.1 Å². The van der Waals surface area contributed by atoms with Crippen LogP contribution >= 0.6 is 0 Å². The van der Waals surface area contributed by atoms with Gasteiger partial charge in [0.15, 0.2) is 0 Å². The van der Waals surface area contributed by atoms with E-state index in [-0.39, 0.29) is 11.6 Å². The number of benzene rings is 2. The normalized spacial score (nSPS) is 17.1. The molecule has 0 unspecified atom stereocenters. The molecule has 0 saturated carbocycles. The summed E-state index contributed by atoms with van der Waals surface area (Å²) in [6.45, 7) is 6.73. The lowest BCUT2D eigenvalue weighted by Crippen LogP contribution is -2.46. The summed E-state index contributed by atoms with van der Waals surface area (Å²) in [5, 5.41) is 9.61. The molecular weight excluding hydrogens is 438 g/mol. The Bertz CT molecular complexity index is 1140. The van der Waals surface area contributed by atoms with E-state index in [2.05, 4.69) is 30.7 Å². The second-order valence-electron chi connectivity index (χ2n) is 8.56. The Hall–Kier alpha value is -3.64. The average Bonchev–Trinajstić information content (AvgIpc) is 3.28. The highest BCUT2D eigenvalue weighted by atomic mass is 19.1. The van der Waals surface area contributed by atoms with Gasteiger partial charge >= 0.3 is 0 Å². The predicted octanol–water partition coefficient (Wildman–Crippen LogP) is 3.47. The minimum Gasteiger partial charge on any atom is -0.422 e. The van der Waals surface area contributed by atoms with Crippen molar-refractivity contribution < 1.29 is 13.2 Å². The third-order valence-electron chi connectivity index (χ3n) is 6.44. The minimum atomic E-state index is -0.243. The van der Waals surface area contributed by atoms with Gasteiger partial charge < -0.3 is 19.1 Å². The smallest absolute Gasteiger partial charge is 0.234 e. The van der Waals surface area contributed by atoms with Gasteiger partial charge in [-0.25, -0.2) is 8.78 Å². The molecule has 2 aromatic carbocycles. The van der Waals surface area contributed by atoms with Crippen molar-refractivity contribution in [1.82, 2.24) is 9.88 Å². The van der Waals surface area contributed by atoms with Crippen molar-refractivity contribution in [2.45, 2.75) is 6.54 Å². The number of hydrogen-bond donors (Lipinski definition) is 0. The van der Waals surface area contributed by atoms with E-state index in [0.29, 0.717) is 37.1 Å². The number of rotatable bonds is 5. The van der Waals surface area contributed by atoms with Crippen LogP contribution in [0.4, 0.5) is 26.0 Å². The zero-order chi connectivity index (χ0) is 23.5. The first-order chi connectivity index (χ1) is 16.6. The summed E-state index contributed by atoms with van der Waals surface area (Å²) in [7, 11) is 0. The SMILES string of the molecule is N#Cc1nc(CN2CCN(c3ccc(F)cc3)CC2)oc1N1CCN(c2ccc(F)cc2)CC1. The molecule has 0 bridgehead atoms. The largest absolute Gasteiger partial charge is 0.422 e. The second kappa shape index (κ2) is 9.69. The molecule has 2 aliphatic heterocycles. The maximum absolute atomic E-state index is 13.2. The lowest BCUT2D eigenvalue weighted by Gasteiger charge is -2.36. The molecule has 9 heteroatoms. The van der Waals surface area contributed by atoms with Gasteiger partial charge in [0.2, 0.25) is 17.5 Å². The Kier molecular flexibility index (Phi) is 6.32. The van der Waals surface area contributed by atoms with Crippen LogP contribution in [0.2, 0.25) is 0 Å². The number of hydrogen-bond acceptors (Lipinski definition) is 7. The summed E-state index contributed by atoms with van der Waals surface area (Å²) in [6, 6.07) is 15.3.